The van der Waals surface area contributed by atoms with Gasteiger partial charge in [-0.2, -0.15) is 23.5 Å². The number of rotatable bonds is 7. The summed E-state index contributed by atoms with van der Waals surface area (Å²) in [6.45, 7) is 8.67. The van der Waals surface area contributed by atoms with Gasteiger partial charge in [-0.15, -0.1) is 0 Å². The van der Waals surface area contributed by atoms with Gasteiger partial charge in [0, 0.05) is 13.1 Å². The van der Waals surface area contributed by atoms with Crippen molar-refractivity contribution in [1.29, 1.82) is 5.26 Å². The molecule has 0 radical (unpaired) electrons. The number of amides is 2. The van der Waals surface area contributed by atoms with Crippen molar-refractivity contribution in [3.63, 3.8) is 0 Å². The molecule has 0 bridgehead atoms. The molecule has 0 spiro atoms. The molecule has 1 fully saturated rings. The molecule has 2 amide bonds. The highest BCUT2D eigenvalue weighted by molar-refractivity contribution is 7.85. The summed E-state index contributed by atoms with van der Waals surface area (Å²) in [4.78, 5) is 43.3. The molecule has 57 heavy (non-hydrogen) atoms. The van der Waals surface area contributed by atoms with E-state index in [0.717, 1.165) is 38.5 Å². The third-order valence-corrected chi connectivity index (χ3v) is 11.4. The Hall–Kier alpha value is -6.03. The summed E-state index contributed by atoms with van der Waals surface area (Å²) in [5.74, 6) is -0.591. The van der Waals surface area contributed by atoms with Gasteiger partial charge in [-0.3, -0.25) is 9.36 Å². The van der Waals surface area contributed by atoms with E-state index in [-0.39, 0.29) is 52.8 Å². The Labute approximate surface area is 326 Å². The number of halogens is 3. The monoisotopic (exact) mass is 806 g/mol. The SMILES string of the molecule is Cc1c(C2CCN(C(=O)[C@H](C)NC(=O)n3c(-c4ccnn4-c4ccc(C#N)cc4)c(C)n(-c4cccc(C(F)(F)F)c4)c3=O)CC2)cc(S(=O)(=O)[O-])c(C)c1C.[NH4+]. The first-order valence-electron chi connectivity index (χ1n) is 17.6. The quantitative estimate of drug-likeness (QED) is 0.179. The van der Waals surface area contributed by atoms with Crippen LogP contribution in [0.1, 0.15) is 64.8 Å². The minimum Gasteiger partial charge on any atom is -0.744 e. The van der Waals surface area contributed by atoms with Gasteiger partial charge in [0.2, 0.25) is 5.91 Å². The Morgan fingerprint density at radius 1 is 0.965 bits per heavy atom. The van der Waals surface area contributed by atoms with E-state index >= 15 is 0 Å². The van der Waals surface area contributed by atoms with Crippen LogP contribution in [0.15, 0.2) is 76.6 Å². The van der Waals surface area contributed by atoms with Crippen LogP contribution in [-0.4, -0.2) is 67.9 Å². The first-order chi connectivity index (χ1) is 26.3. The van der Waals surface area contributed by atoms with Gasteiger partial charge < -0.3 is 20.9 Å². The Bertz CT molecular complexity index is 2580. The van der Waals surface area contributed by atoms with Crippen molar-refractivity contribution in [3.05, 3.63) is 116 Å². The number of nitriles is 1. The maximum Gasteiger partial charge on any atom is 0.416 e. The number of carbonyl (C=O) groups is 2. The van der Waals surface area contributed by atoms with E-state index in [4.69, 9.17) is 0 Å². The second-order valence-corrected chi connectivity index (χ2v) is 15.1. The van der Waals surface area contributed by atoms with Crippen LogP contribution >= 0.6 is 0 Å². The van der Waals surface area contributed by atoms with E-state index in [1.165, 1.54) is 42.9 Å². The van der Waals surface area contributed by atoms with Gasteiger partial charge in [0.15, 0.2) is 0 Å². The highest BCUT2D eigenvalue weighted by Gasteiger charge is 2.34. The van der Waals surface area contributed by atoms with Crippen molar-refractivity contribution in [1.82, 2.24) is 35.3 Å². The third kappa shape index (κ3) is 7.99. The molecule has 0 aliphatic carbocycles. The van der Waals surface area contributed by atoms with E-state index in [1.807, 2.05) is 13.0 Å². The molecular formula is C39H41F3N8O6S. The fourth-order valence-corrected chi connectivity index (χ4v) is 8.11. The van der Waals surface area contributed by atoms with E-state index in [0.29, 0.717) is 35.2 Å². The van der Waals surface area contributed by atoms with Crippen LogP contribution in [-0.2, 0) is 21.1 Å². The van der Waals surface area contributed by atoms with Crippen molar-refractivity contribution in [3.8, 4) is 28.8 Å². The van der Waals surface area contributed by atoms with Gasteiger partial charge in [0.05, 0.1) is 51.1 Å². The summed E-state index contributed by atoms with van der Waals surface area (Å²) in [6.07, 6.45) is -2.39. The van der Waals surface area contributed by atoms with Crippen molar-refractivity contribution in [2.45, 2.75) is 70.5 Å². The molecular weight excluding hydrogens is 766 g/mol. The zero-order chi connectivity index (χ0) is 40.9. The lowest BCUT2D eigenvalue weighted by Gasteiger charge is -2.35. The fourth-order valence-electron chi connectivity index (χ4n) is 7.31. The molecule has 2 aromatic heterocycles. The van der Waals surface area contributed by atoms with Gasteiger partial charge >= 0.3 is 17.9 Å². The van der Waals surface area contributed by atoms with Gasteiger partial charge in [-0.1, -0.05) is 6.07 Å². The van der Waals surface area contributed by atoms with E-state index in [2.05, 4.69) is 10.4 Å². The lowest BCUT2D eigenvalue weighted by molar-refractivity contribution is -0.137. The predicted octanol–water partition coefficient (Wildman–Crippen LogP) is 6.25. The average Bonchev–Trinajstić information content (AvgIpc) is 3.74. The Morgan fingerprint density at radius 3 is 2.21 bits per heavy atom. The molecule has 1 atom stereocenters. The number of piperidine rings is 1. The Morgan fingerprint density at radius 2 is 1.61 bits per heavy atom. The molecule has 3 heterocycles. The summed E-state index contributed by atoms with van der Waals surface area (Å²) in [5.41, 5.74) is 1.72. The fraction of sp³-hybridized carbons (Fsp3) is 0.308. The van der Waals surface area contributed by atoms with Crippen LogP contribution in [0.3, 0.4) is 0 Å². The summed E-state index contributed by atoms with van der Waals surface area (Å²) in [5, 5.41) is 16.2. The van der Waals surface area contributed by atoms with Gasteiger partial charge in [0.25, 0.3) is 0 Å². The zero-order valence-corrected chi connectivity index (χ0v) is 32.8. The number of alkyl halides is 3. The second kappa shape index (κ2) is 15.8. The van der Waals surface area contributed by atoms with Crippen LogP contribution in [0.2, 0.25) is 0 Å². The predicted molar refractivity (Wildman–Crippen MR) is 204 cm³/mol. The molecule has 0 unspecified atom stereocenters. The average molecular weight is 807 g/mol. The van der Waals surface area contributed by atoms with Crippen molar-refractivity contribution >= 4 is 22.1 Å². The van der Waals surface area contributed by atoms with Crippen LogP contribution in [0.4, 0.5) is 18.0 Å². The maximum atomic E-state index is 14.2. The standard InChI is InChI=1S/C39H38F3N7O6S.H3N/c1-22-23(2)32(20-34(24(22)3)56(53,54)55)28-14-17-46(18-15-28)36(50)25(4)45-37(51)48-35(33-13-16-44-49(33)30-11-9-27(21-43)10-12-30)26(5)47(38(48)52)31-8-6-7-29(19-31)39(40,41)42;/h6-13,16,19-20,25,28H,14-15,17-18H2,1-5H3,(H,45,51)(H,53,54,55);1H3/t25-;/m0./s1. The molecule has 3 aromatic carbocycles. The van der Waals surface area contributed by atoms with Crippen molar-refractivity contribution in [2.75, 3.05) is 13.1 Å². The molecule has 14 nitrogen and oxygen atoms in total. The van der Waals surface area contributed by atoms with Gasteiger partial charge in [-0.05, 0) is 130 Å². The van der Waals surface area contributed by atoms with Crippen molar-refractivity contribution < 1.29 is 35.7 Å². The number of benzene rings is 3. The molecule has 1 aliphatic rings. The van der Waals surface area contributed by atoms with Crippen LogP contribution in [0.5, 0.6) is 0 Å². The number of nitrogens with one attached hydrogen (secondary N) is 1. The number of hydrogen-bond acceptors (Lipinski definition) is 8. The van der Waals surface area contributed by atoms with Gasteiger partial charge in [0.1, 0.15) is 21.9 Å². The molecule has 0 saturated carbocycles. The number of imidazole rings is 1. The minimum atomic E-state index is -4.72. The molecule has 1 saturated heterocycles. The maximum absolute atomic E-state index is 14.2. The molecule has 5 aromatic rings. The number of aromatic nitrogens is 4. The highest BCUT2D eigenvalue weighted by Crippen LogP contribution is 2.36. The molecule has 18 heteroatoms. The first-order valence-corrected chi connectivity index (χ1v) is 19.0. The van der Waals surface area contributed by atoms with Gasteiger partial charge in [-0.25, -0.2) is 27.3 Å². The largest absolute Gasteiger partial charge is 0.744 e. The number of nitrogens with zero attached hydrogens (tertiary/aromatic N) is 6. The third-order valence-electron chi connectivity index (χ3n) is 10.5. The number of likely N-dealkylation sites (tertiary alicyclic amines) is 1. The van der Waals surface area contributed by atoms with Crippen LogP contribution < -0.4 is 17.2 Å². The lowest BCUT2D eigenvalue weighted by atomic mass is 9.84. The molecule has 5 N–H and O–H groups in total. The van der Waals surface area contributed by atoms with E-state index in [9.17, 15) is 45.8 Å². The molecule has 300 valence electrons. The second-order valence-electron chi connectivity index (χ2n) is 13.8. The van der Waals surface area contributed by atoms with E-state index < -0.39 is 45.5 Å². The summed E-state index contributed by atoms with van der Waals surface area (Å²) in [7, 11) is -4.71. The number of hydrogen-bond donors (Lipinski definition) is 2. The molecule has 6 rings (SSSR count). The smallest absolute Gasteiger partial charge is 0.416 e. The topological polar surface area (TPSA) is 212 Å². The normalized spacial score (nSPS) is 14.1. The van der Waals surface area contributed by atoms with E-state index in [1.54, 1.807) is 43.0 Å². The first kappa shape index (κ1) is 42.1. The lowest BCUT2D eigenvalue weighted by Crippen LogP contribution is -2.51. The van der Waals surface area contributed by atoms with Crippen LogP contribution in [0.25, 0.3) is 22.8 Å². The van der Waals surface area contributed by atoms with Crippen molar-refractivity contribution in [2.24, 2.45) is 0 Å². The summed E-state index contributed by atoms with van der Waals surface area (Å²) < 4.78 is 80.4. The molecule has 1 aliphatic heterocycles. The number of carbonyl (C=O) groups excluding carboxylic acids is 2. The zero-order valence-electron chi connectivity index (χ0n) is 32.0. The Balaban J connectivity index is 0.00000620. The summed E-state index contributed by atoms with van der Waals surface area (Å²) in [6, 6.07) is 13.2. The Kier molecular flexibility index (Phi) is 11.7. The highest BCUT2D eigenvalue weighted by atomic mass is 32.2. The number of quaternary nitrogens is 1. The summed E-state index contributed by atoms with van der Waals surface area (Å²) >= 11 is 0. The minimum absolute atomic E-state index is 0. The van der Waals surface area contributed by atoms with Crippen LogP contribution in [0, 0.1) is 39.0 Å².